The van der Waals surface area contributed by atoms with Crippen molar-refractivity contribution in [1.29, 1.82) is 0 Å². The van der Waals surface area contributed by atoms with Crippen LogP contribution in [0.1, 0.15) is 0 Å². The zero-order valence-corrected chi connectivity index (χ0v) is 8.48. The van der Waals surface area contributed by atoms with E-state index in [1.165, 1.54) is 12.1 Å². The van der Waals surface area contributed by atoms with Crippen LogP contribution >= 0.6 is 22.6 Å². The number of halogens is 1. The van der Waals surface area contributed by atoms with Crippen LogP contribution in [-0.2, 0) is 0 Å². The maximum absolute atomic E-state index is 10.4. The van der Waals surface area contributed by atoms with Gasteiger partial charge < -0.3 is 4.98 Å². The third-order valence-electron chi connectivity index (χ3n) is 1.65. The summed E-state index contributed by atoms with van der Waals surface area (Å²) in [5.41, 5.74) is 1.51. The molecule has 0 radical (unpaired) electrons. The van der Waals surface area contributed by atoms with Crippen LogP contribution in [0.3, 0.4) is 0 Å². The highest BCUT2D eigenvalue weighted by molar-refractivity contribution is 14.1. The van der Waals surface area contributed by atoms with Gasteiger partial charge in [-0.05, 0) is 28.7 Å². The summed E-state index contributed by atoms with van der Waals surface area (Å²) in [6, 6.07) is 4.55. The Labute approximate surface area is 86.5 Å². The quantitative estimate of drug-likeness (QED) is 0.496. The van der Waals surface area contributed by atoms with Gasteiger partial charge >= 0.3 is 0 Å². The van der Waals surface area contributed by atoms with Gasteiger partial charge in [0.25, 0.3) is 5.69 Å². The van der Waals surface area contributed by atoms with Crippen molar-refractivity contribution >= 4 is 39.3 Å². The lowest BCUT2D eigenvalue weighted by atomic mass is 10.3. The lowest BCUT2D eigenvalue weighted by Crippen LogP contribution is -1.86. The third-order valence-corrected chi connectivity index (χ3v) is 2.16. The number of non-ortho nitro benzene ring substituents is 1. The van der Waals surface area contributed by atoms with Crippen molar-refractivity contribution in [3.05, 3.63) is 32.1 Å². The first-order valence-corrected chi connectivity index (χ1v) is 4.54. The van der Waals surface area contributed by atoms with Crippen LogP contribution in [0.15, 0.2) is 18.2 Å². The monoisotopic (exact) mass is 289 g/mol. The molecule has 0 saturated heterocycles. The van der Waals surface area contributed by atoms with Gasteiger partial charge in [-0.2, -0.15) is 0 Å². The summed E-state index contributed by atoms with van der Waals surface area (Å²) >= 11 is 2.03. The second-order valence-corrected chi connectivity index (χ2v) is 3.51. The van der Waals surface area contributed by atoms with E-state index in [-0.39, 0.29) is 5.69 Å². The highest BCUT2D eigenvalue weighted by atomic mass is 127. The Morgan fingerprint density at radius 2 is 2.31 bits per heavy atom. The van der Waals surface area contributed by atoms with Crippen LogP contribution in [0.2, 0.25) is 0 Å². The van der Waals surface area contributed by atoms with Crippen molar-refractivity contribution < 1.29 is 4.92 Å². The second-order valence-electron chi connectivity index (χ2n) is 2.49. The summed E-state index contributed by atoms with van der Waals surface area (Å²) in [6.45, 7) is 0. The number of H-pyrrole nitrogens is 1. The number of nitrogens with zero attached hydrogens (tertiary/aromatic N) is 2. The van der Waals surface area contributed by atoms with Gasteiger partial charge in [0.15, 0.2) is 3.83 Å². The van der Waals surface area contributed by atoms with Gasteiger partial charge in [-0.3, -0.25) is 10.1 Å². The number of hydrogen-bond donors (Lipinski definition) is 1. The third kappa shape index (κ3) is 1.48. The molecule has 13 heavy (non-hydrogen) atoms. The average Bonchev–Trinajstić information content (AvgIpc) is 2.42. The van der Waals surface area contributed by atoms with Crippen molar-refractivity contribution in [2.75, 3.05) is 0 Å². The van der Waals surface area contributed by atoms with Crippen LogP contribution in [0, 0.1) is 13.9 Å². The molecule has 6 heteroatoms. The Balaban J connectivity index is 2.67. The molecule has 1 heterocycles. The predicted molar refractivity (Wildman–Crippen MR) is 55.5 cm³/mol. The summed E-state index contributed by atoms with van der Waals surface area (Å²) in [4.78, 5) is 17.0. The van der Waals surface area contributed by atoms with Crippen molar-refractivity contribution in [3.8, 4) is 0 Å². The van der Waals surface area contributed by atoms with E-state index in [0.717, 1.165) is 9.35 Å². The first-order chi connectivity index (χ1) is 6.16. The van der Waals surface area contributed by atoms with Crippen molar-refractivity contribution in [1.82, 2.24) is 9.97 Å². The Morgan fingerprint density at radius 3 is 3.00 bits per heavy atom. The van der Waals surface area contributed by atoms with Gasteiger partial charge in [0.1, 0.15) is 0 Å². The molecule has 0 bridgehead atoms. The van der Waals surface area contributed by atoms with E-state index in [9.17, 15) is 10.1 Å². The molecule has 2 aromatic rings. The van der Waals surface area contributed by atoms with E-state index in [1.54, 1.807) is 6.07 Å². The van der Waals surface area contributed by atoms with Gasteiger partial charge in [0.2, 0.25) is 0 Å². The standard InChI is InChI=1S/C7H4IN3O2/c8-7-9-5-2-1-4(11(12)13)3-6(5)10-7/h1-3H,(H,9,10). The molecule has 1 aromatic carbocycles. The van der Waals surface area contributed by atoms with Crippen LogP contribution in [-0.4, -0.2) is 14.9 Å². The Bertz CT molecular complexity index is 480. The first kappa shape index (κ1) is 8.42. The summed E-state index contributed by atoms with van der Waals surface area (Å²) in [5.74, 6) is 0. The lowest BCUT2D eigenvalue weighted by Gasteiger charge is -1.89. The number of hydrogen-bond acceptors (Lipinski definition) is 3. The second kappa shape index (κ2) is 2.95. The molecule has 0 spiro atoms. The molecule has 0 aliphatic carbocycles. The Morgan fingerprint density at radius 1 is 1.54 bits per heavy atom. The molecule has 2 rings (SSSR count). The number of nitro benzene ring substituents is 1. The van der Waals surface area contributed by atoms with Gasteiger partial charge in [0, 0.05) is 12.1 Å². The first-order valence-electron chi connectivity index (χ1n) is 3.46. The van der Waals surface area contributed by atoms with E-state index in [1.807, 2.05) is 22.6 Å². The number of nitrogens with one attached hydrogen (secondary N) is 1. The number of imidazole rings is 1. The van der Waals surface area contributed by atoms with E-state index in [4.69, 9.17) is 0 Å². The molecule has 0 aliphatic rings. The van der Waals surface area contributed by atoms with Crippen LogP contribution < -0.4 is 0 Å². The van der Waals surface area contributed by atoms with Crippen molar-refractivity contribution in [2.24, 2.45) is 0 Å². The molecular weight excluding hydrogens is 285 g/mol. The van der Waals surface area contributed by atoms with E-state index in [2.05, 4.69) is 9.97 Å². The van der Waals surface area contributed by atoms with E-state index < -0.39 is 4.92 Å². The number of fused-ring (bicyclic) bond motifs is 1. The minimum absolute atomic E-state index is 0.0764. The molecule has 0 fully saturated rings. The number of aromatic nitrogens is 2. The van der Waals surface area contributed by atoms with Crippen molar-refractivity contribution in [2.45, 2.75) is 0 Å². The van der Waals surface area contributed by atoms with E-state index in [0.29, 0.717) is 5.52 Å². The molecule has 5 nitrogen and oxygen atoms in total. The van der Waals surface area contributed by atoms with Gasteiger partial charge in [-0.25, -0.2) is 4.98 Å². The molecule has 1 aromatic heterocycles. The molecule has 0 amide bonds. The van der Waals surface area contributed by atoms with Gasteiger partial charge in [-0.15, -0.1) is 0 Å². The number of aromatic amines is 1. The summed E-state index contributed by atoms with van der Waals surface area (Å²) in [5, 5.41) is 10.4. The fourth-order valence-electron chi connectivity index (χ4n) is 1.08. The smallest absolute Gasteiger partial charge is 0.271 e. The Kier molecular flexibility index (Phi) is 1.91. The minimum Gasteiger partial charge on any atom is -0.333 e. The number of nitro groups is 1. The van der Waals surface area contributed by atoms with Crippen molar-refractivity contribution in [3.63, 3.8) is 0 Å². The summed E-state index contributed by atoms with van der Waals surface area (Å²) in [7, 11) is 0. The normalized spacial score (nSPS) is 10.5. The lowest BCUT2D eigenvalue weighted by molar-refractivity contribution is -0.384. The molecular formula is C7H4IN3O2. The zero-order chi connectivity index (χ0) is 9.42. The van der Waals surface area contributed by atoms with Crippen LogP contribution in [0.4, 0.5) is 5.69 Å². The summed E-state index contributed by atoms with van der Waals surface area (Å²) < 4.78 is 0.730. The van der Waals surface area contributed by atoms with Crippen LogP contribution in [0.5, 0.6) is 0 Å². The van der Waals surface area contributed by atoms with Gasteiger partial charge in [-0.1, -0.05) is 0 Å². The highest BCUT2D eigenvalue weighted by Crippen LogP contribution is 2.19. The molecule has 0 atom stereocenters. The van der Waals surface area contributed by atoms with E-state index >= 15 is 0 Å². The molecule has 0 saturated carbocycles. The number of rotatable bonds is 1. The Hall–Kier alpha value is -1.18. The SMILES string of the molecule is O=[N+]([O-])c1ccc2nc(I)[nH]c2c1. The largest absolute Gasteiger partial charge is 0.333 e. The maximum Gasteiger partial charge on any atom is 0.271 e. The maximum atomic E-state index is 10.4. The zero-order valence-electron chi connectivity index (χ0n) is 6.32. The highest BCUT2D eigenvalue weighted by Gasteiger charge is 2.07. The minimum atomic E-state index is -0.423. The fourth-order valence-corrected chi connectivity index (χ4v) is 1.63. The fraction of sp³-hybridized carbons (Fsp3) is 0. The summed E-state index contributed by atoms with van der Waals surface area (Å²) in [6.07, 6.45) is 0. The average molecular weight is 289 g/mol. The molecule has 0 aliphatic heterocycles. The molecule has 0 unspecified atom stereocenters. The molecule has 1 N–H and O–H groups in total. The van der Waals surface area contributed by atoms with Gasteiger partial charge in [0.05, 0.1) is 16.0 Å². The predicted octanol–water partition coefficient (Wildman–Crippen LogP) is 2.08. The topological polar surface area (TPSA) is 71.8 Å². The van der Waals surface area contributed by atoms with Crippen LogP contribution in [0.25, 0.3) is 11.0 Å². The molecule has 66 valence electrons. The number of benzene rings is 1.